The highest BCUT2D eigenvalue weighted by atomic mass is 35.5. The molecule has 0 saturated carbocycles. The van der Waals surface area contributed by atoms with Crippen LogP contribution in [0.25, 0.3) is 0 Å². The summed E-state index contributed by atoms with van der Waals surface area (Å²) in [5.74, 6) is 0. The molecule has 19 heavy (non-hydrogen) atoms. The van der Waals surface area contributed by atoms with E-state index in [9.17, 15) is 0 Å². The predicted octanol–water partition coefficient (Wildman–Crippen LogP) is 3.70. The molecule has 0 spiro atoms. The van der Waals surface area contributed by atoms with Crippen LogP contribution in [0.4, 0.5) is 0 Å². The number of halogens is 2. The van der Waals surface area contributed by atoms with Crippen LogP contribution in [-0.4, -0.2) is 33.5 Å². The monoisotopic (exact) mass is 305 g/mol. The van der Waals surface area contributed by atoms with Crippen molar-refractivity contribution in [3.8, 4) is 0 Å². The number of methoxy groups -OCH3 is 1. The van der Waals surface area contributed by atoms with Crippen molar-refractivity contribution in [2.24, 2.45) is 0 Å². The van der Waals surface area contributed by atoms with E-state index >= 15 is 0 Å². The molecule has 1 unspecified atom stereocenters. The maximum atomic E-state index is 6.04. The van der Waals surface area contributed by atoms with Gasteiger partial charge in [0.15, 0.2) is 0 Å². The molecule has 3 nitrogen and oxygen atoms in total. The second-order valence-electron chi connectivity index (χ2n) is 4.19. The van der Waals surface area contributed by atoms with E-state index in [1.54, 1.807) is 7.11 Å². The molecule has 0 aliphatic carbocycles. The fraction of sp³-hybridized carbons (Fsp3) is 0.571. The number of benzene rings is 1. The SMILES string of the molecule is CCC(NCCOCCOC)c1ccc(Cl)c(Cl)c1. The van der Waals surface area contributed by atoms with Crippen LogP contribution in [-0.2, 0) is 9.47 Å². The van der Waals surface area contributed by atoms with E-state index in [1.165, 1.54) is 0 Å². The molecule has 0 fully saturated rings. The van der Waals surface area contributed by atoms with Gasteiger partial charge in [-0.2, -0.15) is 0 Å². The molecule has 1 atom stereocenters. The van der Waals surface area contributed by atoms with Gasteiger partial charge in [0.25, 0.3) is 0 Å². The summed E-state index contributed by atoms with van der Waals surface area (Å²) in [5.41, 5.74) is 1.15. The molecule has 0 bridgehead atoms. The Balaban J connectivity index is 2.38. The first kappa shape index (κ1) is 16.7. The van der Waals surface area contributed by atoms with Gasteiger partial charge in [-0.25, -0.2) is 0 Å². The Hall–Kier alpha value is -0.320. The minimum atomic E-state index is 0.265. The van der Waals surface area contributed by atoms with E-state index in [4.69, 9.17) is 32.7 Å². The van der Waals surface area contributed by atoms with Crippen molar-refractivity contribution < 1.29 is 9.47 Å². The molecule has 0 saturated heterocycles. The van der Waals surface area contributed by atoms with Crippen LogP contribution in [0.15, 0.2) is 18.2 Å². The second-order valence-corrected chi connectivity index (χ2v) is 5.01. The lowest BCUT2D eigenvalue weighted by Gasteiger charge is -2.18. The molecule has 0 aromatic heterocycles. The molecule has 0 amide bonds. The summed E-state index contributed by atoms with van der Waals surface area (Å²) in [4.78, 5) is 0. The molecular formula is C14H21Cl2NO2. The first-order valence-corrected chi connectivity index (χ1v) is 7.19. The molecule has 108 valence electrons. The maximum Gasteiger partial charge on any atom is 0.0700 e. The van der Waals surface area contributed by atoms with Crippen LogP contribution in [0.3, 0.4) is 0 Å². The van der Waals surface area contributed by atoms with Crippen LogP contribution in [0.1, 0.15) is 24.9 Å². The van der Waals surface area contributed by atoms with E-state index < -0.39 is 0 Å². The minimum absolute atomic E-state index is 0.265. The Kier molecular flexibility index (Phi) is 8.42. The summed E-state index contributed by atoms with van der Waals surface area (Å²) in [6, 6.07) is 6.01. The third-order valence-corrected chi connectivity index (χ3v) is 3.56. The number of nitrogens with one attached hydrogen (secondary N) is 1. The normalized spacial score (nSPS) is 12.6. The molecule has 1 aromatic rings. The van der Waals surface area contributed by atoms with Crippen molar-refractivity contribution in [3.05, 3.63) is 33.8 Å². The van der Waals surface area contributed by atoms with Crippen molar-refractivity contribution in [2.75, 3.05) is 33.5 Å². The molecule has 1 N–H and O–H groups in total. The third kappa shape index (κ3) is 6.11. The topological polar surface area (TPSA) is 30.5 Å². The van der Waals surface area contributed by atoms with E-state index in [2.05, 4.69) is 12.2 Å². The van der Waals surface area contributed by atoms with Crippen molar-refractivity contribution in [1.82, 2.24) is 5.32 Å². The number of rotatable bonds is 9. The summed E-state index contributed by atoms with van der Waals surface area (Å²) >= 11 is 12.0. The highest BCUT2D eigenvalue weighted by molar-refractivity contribution is 6.42. The number of hydrogen-bond acceptors (Lipinski definition) is 3. The largest absolute Gasteiger partial charge is 0.382 e. The van der Waals surface area contributed by atoms with Crippen molar-refractivity contribution in [3.63, 3.8) is 0 Å². The first-order valence-electron chi connectivity index (χ1n) is 6.44. The quantitative estimate of drug-likeness (QED) is 0.706. The van der Waals surface area contributed by atoms with Crippen LogP contribution in [0.2, 0.25) is 10.0 Å². The smallest absolute Gasteiger partial charge is 0.0700 e. The lowest BCUT2D eigenvalue weighted by Crippen LogP contribution is -2.25. The van der Waals surface area contributed by atoms with Gasteiger partial charge in [0, 0.05) is 19.7 Å². The van der Waals surface area contributed by atoms with Gasteiger partial charge in [-0.05, 0) is 24.1 Å². The number of ether oxygens (including phenoxy) is 2. The fourth-order valence-electron chi connectivity index (χ4n) is 1.78. The molecule has 0 aliphatic rings. The molecule has 0 heterocycles. The van der Waals surface area contributed by atoms with E-state index in [0.29, 0.717) is 29.9 Å². The van der Waals surface area contributed by atoms with E-state index in [0.717, 1.165) is 18.5 Å². The summed E-state index contributed by atoms with van der Waals surface area (Å²) in [5, 5.41) is 4.62. The lowest BCUT2D eigenvalue weighted by atomic mass is 10.0. The highest BCUT2D eigenvalue weighted by Gasteiger charge is 2.10. The number of hydrogen-bond donors (Lipinski definition) is 1. The zero-order chi connectivity index (χ0) is 14.1. The molecule has 1 rings (SSSR count). The predicted molar refractivity (Wildman–Crippen MR) is 80.2 cm³/mol. The van der Waals surface area contributed by atoms with Crippen LogP contribution < -0.4 is 5.32 Å². The van der Waals surface area contributed by atoms with Crippen LogP contribution in [0.5, 0.6) is 0 Å². The summed E-state index contributed by atoms with van der Waals surface area (Å²) < 4.78 is 10.3. The summed E-state index contributed by atoms with van der Waals surface area (Å²) in [6.45, 7) is 4.85. The van der Waals surface area contributed by atoms with Gasteiger partial charge < -0.3 is 14.8 Å². The van der Waals surface area contributed by atoms with Gasteiger partial charge in [0.2, 0.25) is 0 Å². The van der Waals surface area contributed by atoms with Gasteiger partial charge in [-0.1, -0.05) is 36.2 Å². The lowest BCUT2D eigenvalue weighted by molar-refractivity contribution is 0.0710. The van der Waals surface area contributed by atoms with Gasteiger partial charge in [0.1, 0.15) is 0 Å². The standard InChI is InChI=1S/C14H21Cl2NO2/c1-3-14(17-6-7-19-9-8-18-2)11-4-5-12(15)13(16)10-11/h4-5,10,14,17H,3,6-9H2,1-2H3. The van der Waals surface area contributed by atoms with Crippen LogP contribution in [0, 0.1) is 0 Å². The highest BCUT2D eigenvalue weighted by Crippen LogP contribution is 2.26. The molecular weight excluding hydrogens is 285 g/mol. The van der Waals surface area contributed by atoms with Gasteiger partial charge in [0.05, 0.1) is 29.9 Å². The summed E-state index contributed by atoms with van der Waals surface area (Å²) in [7, 11) is 1.67. The molecule has 5 heteroatoms. The average Bonchev–Trinajstić information content (AvgIpc) is 2.41. The van der Waals surface area contributed by atoms with Gasteiger partial charge in [-0.3, -0.25) is 0 Å². The fourth-order valence-corrected chi connectivity index (χ4v) is 2.08. The minimum Gasteiger partial charge on any atom is -0.382 e. The average molecular weight is 306 g/mol. The third-order valence-electron chi connectivity index (χ3n) is 2.82. The Morgan fingerprint density at radius 3 is 2.58 bits per heavy atom. The second kappa shape index (κ2) is 9.56. The summed E-state index contributed by atoms with van der Waals surface area (Å²) in [6.07, 6.45) is 0.982. The zero-order valence-electron chi connectivity index (χ0n) is 11.4. The Bertz CT molecular complexity index is 374. The van der Waals surface area contributed by atoms with E-state index in [-0.39, 0.29) is 6.04 Å². The van der Waals surface area contributed by atoms with E-state index in [1.807, 2.05) is 18.2 Å². The van der Waals surface area contributed by atoms with Crippen molar-refractivity contribution in [1.29, 1.82) is 0 Å². The zero-order valence-corrected chi connectivity index (χ0v) is 12.9. The van der Waals surface area contributed by atoms with Crippen molar-refractivity contribution in [2.45, 2.75) is 19.4 Å². The van der Waals surface area contributed by atoms with Gasteiger partial charge in [-0.15, -0.1) is 0 Å². The van der Waals surface area contributed by atoms with Crippen molar-refractivity contribution >= 4 is 23.2 Å². The molecule has 0 radical (unpaired) electrons. The maximum absolute atomic E-state index is 6.04. The molecule has 1 aromatic carbocycles. The Morgan fingerprint density at radius 2 is 1.95 bits per heavy atom. The first-order chi connectivity index (χ1) is 9.19. The Morgan fingerprint density at radius 1 is 1.16 bits per heavy atom. The Labute approximate surface area is 125 Å². The van der Waals surface area contributed by atoms with Gasteiger partial charge >= 0.3 is 0 Å². The molecule has 0 aliphatic heterocycles. The van der Waals surface area contributed by atoms with Crippen LogP contribution >= 0.6 is 23.2 Å².